The van der Waals surface area contributed by atoms with Gasteiger partial charge in [-0.1, -0.05) is 18.2 Å². The Balaban J connectivity index is 2.72. The molecule has 0 aliphatic carbocycles. The van der Waals surface area contributed by atoms with Gasteiger partial charge in [-0.15, -0.1) is 0 Å². The molecule has 0 spiro atoms. The predicted octanol–water partition coefficient (Wildman–Crippen LogP) is 2.91. The largest absolute Gasteiger partial charge is 0.479 e. The van der Waals surface area contributed by atoms with E-state index in [0.29, 0.717) is 18.9 Å². The van der Waals surface area contributed by atoms with Crippen molar-refractivity contribution in [3.8, 4) is 5.75 Å². The monoisotopic (exact) mass is 279 g/mol. The van der Waals surface area contributed by atoms with Gasteiger partial charge in [0.2, 0.25) is 0 Å². The molecule has 4 nitrogen and oxygen atoms in total. The summed E-state index contributed by atoms with van der Waals surface area (Å²) in [5.74, 6) is 0.371. The molecule has 1 aromatic rings. The highest BCUT2D eigenvalue weighted by molar-refractivity contribution is 5.74. The van der Waals surface area contributed by atoms with Crippen LogP contribution in [0.2, 0.25) is 0 Å². The Morgan fingerprint density at radius 1 is 1.30 bits per heavy atom. The van der Waals surface area contributed by atoms with E-state index in [-0.39, 0.29) is 11.5 Å². The fourth-order valence-electron chi connectivity index (χ4n) is 1.62. The lowest BCUT2D eigenvalue weighted by Gasteiger charge is -2.22. The summed E-state index contributed by atoms with van der Waals surface area (Å²) in [7, 11) is 0. The van der Waals surface area contributed by atoms with Crippen LogP contribution in [0.5, 0.6) is 5.75 Å². The van der Waals surface area contributed by atoms with Crippen LogP contribution in [-0.4, -0.2) is 24.2 Å². The van der Waals surface area contributed by atoms with Crippen molar-refractivity contribution in [2.24, 2.45) is 0 Å². The number of nitrogens with one attached hydrogen (secondary N) is 1. The minimum absolute atomic E-state index is 0.0276. The van der Waals surface area contributed by atoms with Crippen molar-refractivity contribution in [2.75, 3.05) is 6.61 Å². The number of ether oxygens (including phenoxy) is 2. The van der Waals surface area contributed by atoms with Crippen molar-refractivity contribution in [3.05, 3.63) is 29.8 Å². The molecule has 0 aromatic heterocycles. The van der Waals surface area contributed by atoms with Crippen LogP contribution < -0.4 is 10.1 Å². The van der Waals surface area contributed by atoms with Gasteiger partial charge in [0, 0.05) is 17.6 Å². The summed E-state index contributed by atoms with van der Waals surface area (Å²) in [6.45, 7) is 10.9. The SMILES string of the molecule is CCOC(=O)C(C)Oc1ccccc1CNC(C)(C)C. The highest BCUT2D eigenvalue weighted by Gasteiger charge is 2.17. The molecule has 1 rings (SSSR count). The number of carbonyl (C=O) groups excluding carboxylic acids is 1. The Morgan fingerprint density at radius 2 is 1.95 bits per heavy atom. The maximum Gasteiger partial charge on any atom is 0.347 e. The van der Waals surface area contributed by atoms with Crippen molar-refractivity contribution in [2.45, 2.75) is 52.8 Å². The van der Waals surface area contributed by atoms with E-state index in [0.717, 1.165) is 5.56 Å². The average Bonchev–Trinajstić information content (AvgIpc) is 2.37. The zero-order valence-corrected chi connectivity index (χ0v) is 13.0. The number of carbonyl (C=O) groups is 1. The van der Waals surface area contributed by atoms with Crippen LogP contribution in [0.3, 0.4) is 0 Å². The maximum atomic E-state index is 11.6. The van der Waals surface area contributed by atoms with Crippen LogP contribution in [0.4, 0.5) is 0 Å². The highest BCUT2D eigenvalue weighted by atomic mass is 16.6. The Bertz CT molecular complexity index is 438. The Labute approximate surface area is 121 Å². The van der Waals surface area contributed by atoms with Crippen LogP contribution in [0.1, 0.15) is 40.2 Å². The van der Waals surface area contributed by atoms with E-state index in [1.807, 2.05) is 24.3 Å². The number of benzene rings is 1. The third-order valence-corrected chi connectivity index (χ3v) is 2.70. The molecule has 0 heterocycles. The van der Waals surface area contributed by atoms with Gasteiger partial charge in [0.15, 0.2) is 6.10 Å². The van der Waals surface area contributed by atoms with Crippen LogP contribution >= 0.6 is 0 Å². The normalized spacial score (nSPS) is 12.8. The second-order valence-electron chi connectivity index (χ2n) is 5.72. The minimum Gasteiger partial charge on any atom is -0.479 e. The lowest BCUT2D eigenvalue weighted by molar-refractivity contribution is -0.150. The number of hydrogen-bond donors (Lipinski definition) is 1. The summed E-state index contributed by atoms with van der Waals surface area (Å²) >= 11 is 0. The first-order valence-corrected chi connectivity index (χ1v) is 6.99. The number of esters is 1. The zero-order chi connectivity index (χ0) is 15.2. The Kier molecular flexibility index (Phi) is 6.02. The summed E-state index contributed by atoms with van der Waals surface area (Å²) in [5.41, 5.74) is 1.05. The quantitative estimate of drug-likeness (QED) is 0.813. The maximum absolute atomic E-state index is 11.6. The Hall–Kier alpha value is -1.55. The van der Waals surface area contributed by atoms with Crippen molar-refractivity contribution in [1.82, 2.24) is 5.32 Å². The molecule has 0 radical (unpaired) electrons. The molecule has 1 atom stereocenters. The van der Waals surface area contributed by atoms with E-state index < -0.39 is 6.10 Å². The van der Waals surface area contributed by atoms with Crippen LogP contribution in [0.25, 0.3) is 0 Å². The fourth-order valence-corrected chi connectivity index (χ4v) is 1.62. The first-order valence-electron chi connectivity index (χ1n) is 6.99. The summed E-state index contributed by atoms with van der Waals surface area (Å²) < 4.78 is 10.7. The van der Waals surface area contributed by atoms with E-state index >= 15 is 0 Å². The third kappa shape index (κ3) is 5.61. The average molecular weight is 279 g/mol. The standard InChI is InChI=1S/C16H25NO3/c1-6-19-15(18)12(2)20-14-10-8-7-9-13(14)11-17-16(3,4)5/h7-10,12,17H,6,11H2,1-5H3. The summed E-state index contributed by atoms with van der Waals surface area (Å²) in [6, 6.07) is 7.72. The minimum atomic E-state index is -0.606. The van der Waals surface area contributed by atoms with Crippen molar-refractivity contribution < 1.29 is 14.3 Å². The van der Waals surface area contributed by atoms with Gasteiger partial charge in [0.1, 0.15) is 5.75 Å². The number of para-hydroxylation sites is 1. The molecule has 112 valence electrons. The van der Waals surface area contributed by atoms with Gasteiger partial charge >= 0.3 is 5.97 Å². The van der Waals surface area contributed by atoms with Crippen molar-refractivity contribution in [3.63, 3.8) is 0 Å². The van der Waals surface area contributed by atoms with Gasteiger partial charge in [-0.05, 0) is 40.7 Å². The molecule has 20 heavy (non-hydrogen) atoms. The van der Waals surface area contributed by atoms with E-state index in [1.165, 1.54) is 0 Å². The first kappa shape index (κ1) is 16.5. The van der Waals surface area contributed by atoms with Crippen molar-refractivity contribution >= 4 is 5.97 Å². The second kappa shape index (κ2) is 7.29. The molecule has 0 fully saturated rings. The van der Waals surface area contributed by atoms with E-state index in [9.17, 15) is 4.79 Å². The molecule has 0 bridgehead atoms. The molecule has 1 aromatic carbocycles. The van der Waals surface area contributed by atoms with Gasteiger partial charge in [-0.2, -0.15) is 0 Å². The number of hydrogen-bond acceptors (Lipinski definition) is 4. The molecule has 0 amide bonds. The molecule has 0 saturated carbocycles. The molecule has 1 unspecified atom stereocenters. The summed E-state index contributed by atoms with van der Waals surface area (Å²) in [4.78, 5) is 11.6. The topological polar surface area (TPSA) is 47.6 Å². The van der Waals surface area contributed by atoms with Gasteiger partial charge in [-0.25, -0.2) is 4.79 Å². The zero-order valence-electron chi connectivity index (χ0n) is 13.0. The van der Waals surface area contributed by atoms with Crippen LogP contribution in [0, 0.1) is 0 Å². The van der Waals surface area contributed by atoms with E-state index in [2.05, 4.69) is 26.1 Å². The summed E-state index contributed by atoms with van der Waals surface area (Å²) in [6.07, 6.45) is -0.606. The van der Waals surface area contributed by atoms with E-state index in [1.54, 1.807) is 13.8 Å². The second-order valence-corrected chi connectivity index (χ2v) is 5.72. The van der Waals surface area contributed by atoms with Gasteiger partial charge < -0.3 is 14.8 Å². The Morgan fingerprint density at radius 3 is 2.55 bits per heavy atom. The third-order valence-electron chi connectivity index (χ3n) is 2.70. The number of rotatable bonds is 6. The molecule has 0 saturated heterocycles. The molecule has 0 aliphatic rings. The molecule has 4 heteroatoms. The molecule has 1 N–H and O–H groups in total. The van der Waals surface area contributed by atoms with Crippen molar-refractivity contribution in [1.29, 1.82) is 0 Å². The van der Waals surface area contributed by atoms with Crippen LogP contribution in [-0.2, 0) is 16.1 Å². The fraction of sp³-hybridized carbons (Fsp3) is 0.562. The first-order chi connectivity index (χ1) is 9.33. The lowest BCUT2D eigenvalue weighted by atomic mass is 10.1. The van der Waals surface area contributed by atoms with E-state index in [4.69, 9.17) is 9.47 Å². The van der Waals surface area contributed by atoms with Gasteiger partial charge in [0.25, 0.3) is 0 Å². The molecule has 0 aliphatic heterocycles. The molecular weight excluding hydrogens is 254 g/mol. The summed E-state index contributed by atoms with van der Waals surface area (Å²) in [5, 5.41) is 3.41. The molecular formula is C16H25NO3. The predicted molar refractivity (Wildman–Crippen MR) is 79.8 cm³/mol. The van der Waals surface area contributed by atoms with Gasteiger partial charge in [0.05, 0.1) is 6.61 Å². The van der Waals surface area contributed by atoms with Crippen LogP contribution in [0.15, 0.2) is 24.3 Å². The highest BCUT2D eigenvalue weighted by Crippen LogP contribution is 2.20. The van der Waals surface area contributed by atoms with Gasteiger partial charge in [-0.3, -0.25) is 0 Å². The lowest BCUT2D eigenvalue weighted by Crippen LogP contribution is -2.35. The smallest absolute Gasteiger partial charge is 0.347 e.